The highest BCUT2D eigenvalue weighted by atomic mass is 32.1. The van der Waals surface area contributed by atoms with E-state index in [0.29, 0.717) is 16.0 Å². The van der Waals surface area contributed by atoms with E-state index >= 15 is 0 Å². The molecule has 0 spiro atoms. The van der Waals surface area contributed by atoms with Crippen LogP contribution in [-0.4, -0.2) is 12.1 Å². The maximum absolute atomic E-state index is 9.54. The highest BCUT2D eigenvalue weighted by molar-refractivity contribution is 7.71. The largest absolute Gasteiger partial charge is 0.496 e. The van der Waals surface area contributed by atoms with Gasteiger partial charge in [0, 0.05) is 16.8 Å². The molecule has 0 atom stereocenters. The number of para-hydroxylation sites is 1. The smallest absolute Gasteiger partial charge is 0.126 e. The lowest BCUT2D eigenvalue weighted by molar-refractivity contribution is 0.416. The molecular formula is C20H16N2OS. The zero-order valence-corrected chi connectivity index (χ0v) is 14.3. The van der Waals surface area contributed by atoms with E-state index in [1.165, 1.54) is 5.56 Å². The lowest BCUT2D eigenvalue weighted by Gasteiger charge is -2.12. The molecule has 0 aliphatic heterocycles. The van der Waals surface area contributed by atoms with Gasteiger partial charge >= 0.3 is 0 Å². The molecule has 3 rings (SSSR count). The molecule has 0 saturated carbocycles. The van der Waals surface area contributed by atoms with Crippen molar-refractivity contribution < 1.29 is 4.74 Å². The van der Waals surface area contributed by atoms with Crippen LogP contribution in [0.5, 0.6) is 5.75 Å². The van der Waals surface area contributed by atoms with Gasteiger partial charge in [-0.1, -0.05) is 60.2 Å². The Morgan fingerprint density at radius 1 is 1.04 bits per heavy atom. The number of hydrogen-bond acceptors (Lipinski definition) is 3. The Balaban J connectivity index is 2.27. The van der Waals surface area contributed by atoms with E-state index in [-0.39, 0.29) is 0 Å². The van der Waals surface area contributed by atoms with Gasteiger partial charge < -0.3 is 9.72 Å². The standard InChI is InChI=1S/C20H16N2OS/c1-13-7-9-14(10-8-13)18-11-16(17(12-21)20(24)22-18)15-5-3-4-6-19(15)23-2/h3-11H,1-2H3,(H,22,24). The normalized spacial score (nSPS) is 10.2. The fourth-order valence-corrected chi connectivity index (χ4v) is 2.90. The Kier molecular flexibility index (Phi) is 4.45. The minimum absolute atomic E-state index is 0.427. The number of nitrogens with one attached hydrogen (secondary N) is 1. The second-order valence-electron chi connectivity index (χ2n) is 5.48. The van der Waals surface area contributed by atoms with Gasteiger partial charge in [0.15, 0.2) is 0 Å². The molecule has 1 N–H and O–H groups in total. The van der Waals surface area contributed by atoms with E-state index in [2.05, 4.69) is 11.1 Å². The lowest BCUT2D eigenvalue weighted by atomic mass is 9.98. The molecule has 0 aliphatic carbocycles. The highest BCUT2D eigenvalue weighted by Crippen LogP contribution is 2.34. The molecular weight excluding hydrogens is 316 g/mol. The molecule has 118 valence electrons. The first-order valence-electron chi connectivity index (χ1n) is 7.52. The summed E-state index contributed by atoms with van der Waals surface area (Å²) in [5.41, 5.74) is 5.16. The molecule has 2 aromatic carbocycles. The van der Waals surface area contributed by atoms with E-state index < -0.39 is 0 Å². The summed E-state index contributed by atoms with van der Waals surface area (Å²) in [7, 11) is 1.62. The molecule has 0 bridgehead atoms. The third-order valence-electron chi connectivity index (χ3n) is 3.90. The molecule has 3 nitrogen and oxygen atoms in total. The first kappa shape index (κ1) is 16.0. The number of H-pyrrole nitrogens is 1. The van der Waals surface area contributed by atoms with Gasteiger partial charge in [0.25, 0.3) is 0 Å². The van der Waals surface area contributed by atoms with E-state index in [4.69, 9.17) is 17.0 Å². The summed E-state index contributed by atoms with van der Waals surface area (Å²) in [4.78, 5) is 3.16. The van der Waals surface area contributed by atoms with E-state index in [9.17, 15) is 5.26 Å². The molecule has 0 radical (unpaired) electrons. The van der Waals surface area contributed by atoms with Gasteiger partial charge in [0.2, 0.25) is 0 Å². The maximum Gasteiger partial charge on any atom is 0.126 e. The van der Waals surface area contributed by atoms with Crippen LogP contribution < -0.4 is 4.74 Å². The molecule has 4 heteroatoms. The number of nitriles is 1. The number of aryl methyl sites for hydroxylation is 1. The molecule has 1 heterocycles. The average Bonchev–Trinajstić information content (AvgIpc) is 2.61. The SMILES string of the molecule is COc1ccccc1-c1cc(-c2ccc(C)cc2)[nH]c(=S)c1C#N. The zero-order chi connectivity index (χ0) is 17.1. The molecule has 0 aliphatic rings. The first-order valence-corrected chi connectivity index (χ1v) is 7.92. The van der Waals surface area contributed by atoms with E-state index in [1.807, 2.05) is 61.5 Å². The number of hydrogen-bond donors (Lipinski definition) is 1. The monoisotopic (exact) mass is 332 g/mol. The number of rotatable bonds is 3. The van der Waals surface area contributed by atoms with Crippen molar-refractivity contribution in [2.45, 2.75) is 6.92 Å². The minimum Gasteiger partial charge on any atom is -0.496 e. The fourth-order valence-electron chi connectivity index (χ4n) is 2.64. The van der Waals surface area contributed by atoms with Gasteiger partial charge in [0.1, 0.15) is 16.5 Å². The number of ether oxygens (including phenoxy) is 1. The van der Waals surface area contributed by atoms with Crippen molar-refractivity contribution >= 4 is 12.2 Å². The van der Waals surface area contributed by atoms with Crippen LogP contribution in [0.1, 0.15) is 11.1 Å². The van der Waals surface area contributed by atoms with Gasteiger partial charge in [-0.3, -0.25) is 0 Å². The molecule has 0 amide bonds. The van der Waals surface area contributed by atoms with E-state index in [0.717, 1.165) is 22.4 Å². The minimum atomic E-state index is 0.427. The second kappa shape index (κ2) is 6.69. The van der Waals surface area contributed by atoms with Crippen molar-refractivity contribution in [2.75, 3.05) is 7.11 Å². The Morgan fingerprint density at radius 2 is 1.75 bits per heavy atom. The summed E-state index contributed by atoms with van der Waals surface area (Å²) in [6.07, 6.45) is 0. The van der Waals surface area contributed by atoms with Crippen molar-refractivity contribution in [1.82, 2.24) is 4.98 Å². The van der Waals surface area contributed by atoms with Crippen LogP contribution in [-0.2, 0) is 0 Å². The van der Waals surface area contributed by atoms with Crippen LogP contribution in [0.2, 0.25) is 0 Å². The highest BCUT2D eigenvalue weighted by Gasteiger charge is 2.13. The predicted molar refractivity (Wildman–Crippen MR) is 98.5 cm³/mol. The van der Waals surface area contributed by atoms with E-state index in [1.54, 1.807) is 7.11 Å². The summed E-state index contributed by atoms with van der Waals surface area (Å²) in [5, 5.41) is 9.54. The third kappa shape index (κ3) is 2.94. The van der Waals surface area contributed by atoms with Crippen molar-refractivity contribution in [3.63, 3.8) is 0 Å². The molecule has 24 heavy (non-hydrogen) atoms. The topological polar surface area (TPSA) is 48.8 Å². The average molecular weight is 332 g/mol. The Labute approximate surface area is 146 Å². The zero-order valence-electron chi connectivity index (χ0n) is 13.5. The van der Waals surface area contributed by atoms with Crippen LogP contribution in [0.3, 0.4) is 0 Å². The predicted octanol–water partition coefficient (Wildman–Crippen LogP) is 5.27. The summed E-state index contributed by atoms with van der Waals surface area (Å²) in [6.45, 7) is 2.05. The summed E-state index contributed by atoms with van der Waals surface area (Å²) >= 11 is 5.41. The molecule has 0 fully saturated rings. The Morgan fingerprint density at radius 3 is 2.42 bits per heavy atom. The molecule has 3 aromatic rings. The van der Waals surface area contributed by atoms with Gasteiger partial charge in [-0.2, -0.15) is 5.26 Å². The molecule has 0 unspecified atom stereocenters. The number of benzene rings is 2. The summed E-state index contributed by atoms with van der Waals surface area (Å²) in [5.74, 6) is 0.712. The summed E-state index contributed by atoms with van der Waals surface area (Å²) < 4.78 is 5.87. The third-order valence-corrected chi connectivity index (χ3v) is 4.21. The van der Waals surface area contributed by atoms with Crippen LogP contribution in [0.25, 0.3) is 22.4 Å². The Bertz CT molecular complexity index is 982. The quantitative estimate of drug-likeness (QED) is 0.665. The van der Waals surface area contributed by atoms with Gasteiger partial charge in [0.05, 0.1) is 12.7 Å². The van der Waals surface area contributed by atoms with Crippen LogP contribution in [0.15, 0.2) is 54.6 Å². The van der Waals surface area contributed by atoms with Crippen LogP contribution in [0, 0.1) is 22.9 Å². The van der Waals surface area contributed by atoms with Crippen molar-refractivity contribution in [1.29, 1.82) is 5.26 Å². The number of pyridine rings is 1. The number of methoxy groups -OCH3 is 1. The fraction of sp³-hybridized carbons (Fsp3) is 0.100. The number of aromatic amines is 1. The maximum atomic E-state index is 9.54. The lowest BCUT2D eigenvalue weighted by Crippen LogP contribution is -1.95. The molecule has 0 saturated heterocycles. The Hall–Kier alpha value is -2.90. The number of nitrogens with zero attached hydrogens (tertiary/aromatic N) is 1. The second-order valence-corrected chi connectivity index (χ2v) is 5.89. The van der Waals surface area contributed by atoms with Gasteiger partial charge in [-0.15, -0.1) is 0 Å². The number of aromatic nitrogens is 1. The summed E-state index contributed by atoms with van der Waals surface area (Å²) in [6, 6.07) is 20.0. The van der Waals surface area contributed by atoms with Gasteiger partial charge in [-0.05, 0) is 24.6 Å². The van der Waals surface area contributed by atoms with Crippen molar-refractivity contribution in [2.24, 2.45) is 0 Å². The van der Waals surface area contributed by atoms with Crippen LogP contribution >= 0.6 is 12.2 Å². The van der Waals surface area contributed by atoms with Crippen molar-refractivity contribution in [3.8, 4) is 34.2 Å². The van der Waals surface area contributed by atoms with Crippen molar-refractivity contribution in [3.05, 3.63) is 70.4 Å². The van der Waals surface area contributed by atoms with Gasteiger partial charge in [-0.25, -0.2) is 0 Å². The first-order chi connectivity index (χ1) is 11.6. The molecule has 1 aromatic heterocycles. The van der Waals surface area contributed by atoms with Crippen LogP contribution in [0.4, 0.5) is 0 Å².